The Labute approximate surface area is 210 Å². The van der Waals surface area contributed by atoms with Crippen LogP contribution in [0, 0.1) is 39.0 Å². The van der Waals surface area contributed by atoms with Crippen LogP contribution >= 0.6 is 0 Å². The summed E-state index contributed by atoms with van der Waals surface area (Å²) >= 11 is 0. The summed E-state index contributed by atoms with van der Waals surface area (Å²) in [5.41, 5.74) is 6.50. The van der Waals surface area contributed by atoms with Crippen LogP contribution in [-0.4, -0.2) is 32.3 Å². The molecule has 0 saturated carbocycles. The van der Waals surface area contributed by atoms with E-state index in [2.05, 4.69) is 20.0 Å². The summed E-state index contributed by atoms with van der Waals surface area (Å²) in [6.07, 6.45) is 3.33. The van der Waals surface area contributed by atoms with Crippen molar-refractivity contribution in [3.8, 4) is 23.3 Å². The molecule has 0 aliphatic heterocycles. The van der Waals surface area contributed by atoms with Crippen LogP contribution in [0.3, 0.4) is 0 Å². The summed E-state index contributed by atoms with van der Waals surface area (Å²) in [5.74, 6) is 1.05. The molecule has 1 N–H and O–H groups in total. The summed E-state index contributed by atoms with van der Waals surface area (Å²) < 4.78 is 9.10. The van der Waals surface area contributed by atoms with Crippen molar-refractivity contribution in [3.63, 3.8) is 0 Å². The van der Waals surface area contributed by atoms with Crippen molar-refractivity contribution >= 4 is 12.0 Å². The number of aryl methyl sites for hydroxylation is 3. The van der Waals surface area contributed by atoms with Crippen molar-refractivity contribution in [2.24, 2.45) is 0 Å². The molecule has 8 nitrogen and oxygen atoms in total. The fourth-order valence-corrected chi connectivity index (χ4v) is 4.15. The molecule has 0 saturated heterocycles. The van der Waals surface area contributed by atoms with E-state index in [1.165, 1.54) is 0 Å². The largest absolute Gasteiger partial charge is 0.497 e. The van der Waals surface area contributed by atoms with Crippen LogP contribution in [-0.2, 0) is 11.3 Å². The number of nitriles is 1. The first kappa shape index (κ1) is 24.5. The Bertz CT molecular complexity index is 1470. The summed E-state index contributed by atoms with van der Waals surface area (Å²) in [6.45, 7) is 8.12. The van der Waals surface area contributed by atoms with Gasteiger partial charge in [0.2, 0.25) is 0 Å². The summed E-state index contributed by atoms with van der Waals surface area (Å²) in [4.78, 5) is 17.2. The second kappa shape index (κ2) is 10.3. The summed E-state index contributed by atoms with van der Waals surface area (Å²) in [7, 11) is 1.63. The van der Waals surface area contributed by atoms with Crippen LogP contribution in [0.25, 0.3) is 17.6 Å². The predicted octanol–water partition coefficient (Wildman–Crippen LogP) is 4.52. The minimum Gasteiger partial charge on any atom is -0.497 e. The van der Waals surface area contributed by atoms with E-state index in [0.717, 1.165) is 45.3 Å². The number of nitrogens with zero attached hydrogens (tertiary/aromatic N) is 5. The van der Waals surface area contributed by atoms with Crippen molar-refractivity contribution in [3.05, 3.63) is 94.2 Å². The highest BCUT2D eigenvalue weighted by atomic mass is 16.5. The zero-order valence-electron chi connectivity index (χ0n) is 21.0. The maximum Gasteiger partial charge on any atom is 0.262 e. The topological polar surface area (TPSA) is 97.8 Å². The molecule has 0 spiro atoms. The van der Waals surface area contributed by atoms with E-state index in [-0.39, 0.29) is 12.1 Å². The van der Waals surface area contributed by atoms with E-state index in [1.54, 1.807) is 24.1 Å². The first-order valence-corrected chi connectivity index (χ1v) is 11.5. The van der Waals surface area contributed by atoms with Crippen LogP contribution in [0.4, 0.5) is 0 Å². The van der Waals surface area contributed by atoms with E-state index in [9.17, 15) is 10.1 Å². The van der Waals surface area contributed by atoms with Gasteiger partial charge in [0.1, 0.15) is 17.4 Å². The fourth-order valence-electron chi connectivity index (χ4n) is 4.15. The molecule has 0 aliphatic rings. The molecule has 182 valence electrons. The first-order valence-electron chi connectivity index (χ1n) is 11.5. The lowest BCUT2D eigenvalue weighted by Gasteiger charge is -2.10. The number of carbonyl (C=O) groups is 1. The van der Waals surface area contributed by atoms with Crippen LogP contribution in [0.1, 0.15) is 33.9 Å². The lowest BCUT2D eigenvalue weighted by Crippen LogP contribution is -2.24. The minimum atomic E-state index is -0.436. The molecule has 1 amide bonds. The van der Waals surface area contributed by atoms with Gasteiger partial charge in [0, 0.05) is 35.5 Å². The SMILES string of the molecule is COc1ccc(-n2c(C)cc(/C=C(\C#N)C(=O)NCc3ccc(-n4nc(C)cc4C)nc3)c2C)cc1. The Morgan fingerprint density at radius 2 is 1.83 bits per heavy atom. The van der Waals surface area contributed by atoms with Gasteiger partial charge in [-0.05, 0) is 87.4 Å². The summed E-state index contributed by atoms with van der Waals surface area (Å²) in [6, 6.07) is 17.5. The van der Waals surface area contributed by atoms with Crippen LogP contribution in [0.15, 0.2) is 60.3 Å². The maximum atomic E-state index is 12.8. The zero-order chi connectivity index (χ0) is 25.8. The Kier molecular flexibility index (Phi) is 7.02. The number of hydrogen-bond acceptors (Lipinski definition) is 5. The standard InChI is InChI=1S/C28H28N6O2/c1-18-12-20(3)34(32-18)27-11-6-22(16-30-27)17-31-28(35)24(15-29)14-23-13-19(2)33(21(23)4)25-7-9-26(36-5)10-8-25/h6-14,16H,17H2,1-5H3,(H,31,35)/b24-14+. The zero-order valence-corrected chi connectivity index (χ0v) is 21.0. The highest BCUT2D eigenvalue weighted by Crippen LogP contribution is 2.24. The number of rotatable bonds is 7. The van der Waals surface area contributed by atoms with Gasteiger partial charge in [-0.2, -0.15) is 10.4 Å². The van der Waals surface area contributed by atoms with Crippen molar-refractivity contribution in [1.82, 2.24) is 24.6 Å². The molecule has 0 radical (unpaired) electrons. The third-order valence-electron chi connectivity index (χ3n) is 5.95. The van der Waals surface area contributed by atoms with Crippen molar-refractivity contribution < 1.29 is 9.53 Å². The maximum absolute atomic E-state index is 12.8. The number of amides is 1. The first-order chi connectivity index (χ1) is 17.3. The Morgan fingerprint density at radius 1 is 1.08 bits per heavy atom. The van der Waals surface area contributed by atoms with Crippen molar-refractivity contribution in [1.29, 1.82) is 5.26 Å². The highest BCUT2D eigenvalue weighted by Gasteiger charge is 2.14. The number of benzene rings is 1. The monoisotopic (exact) mass is 480 g/mol. The van der Waals surface area contributed by atoms with Crippen LogP contribution in [0.5, 0.6) is 5.75 Å². The molecular weight excluding hydrogens is 452 g/mol. The molecule has 36 heavy (non-hydrogen) atoms. The predicted molar refractivity (Wildman–Crippen MR) is 138 cm³/mol. The van der Waals surface area contributed by atoms with E-state index in [1.807, 2.05) is 82.3 Å². The van der Waals surface area contributed by atoms with Crippen molar-refractivity contribution in [2.45, 2.75) is 34.2 Å². The molecule has 8 heteroatoms. The molecule has 0 atom stereocenters. The lowest BCUT2D eigenvalue weighted by atomic mass is 10.1. The molecule has 0 bridgehead atoms. The highest BCUT2D eigenvalue weighted by molar-refractivity contribution is 6.01. The Hall–Kier alpha value is -4.64. The second-order valence-corrected chi connectivity index (χ2v) is 8.58. The number of methoxy groups -OCH3 is 1. The van der Waals surface area contributed by atoms with E-state index >= 15 is 0 Å². The lowest BCUT2D eigenvalue weighted by molar-refractivity contribution is -0.117. The fraction of sp³-hybridized carbons (Fsp3) is 0.214. The average molecular weight is 481 g/mol. The summed E-state index contributed by atoms with van der Waals surface area (Å²) in [5, 5.41) is 16.9. The third kappa shape index (κ3) is 5.05. The molecule has 0 fully saturated rings. The molecule has 0 aliphatic carbocycles. The third-order valence-corrected chi connectivity index (χ3v) is 5.95. The number of aromatic nitrogens is 4. The van der Waals surface area contributed by atoms with E-state index in [4.69, 9.17) is 4.74 Å². The molecule has 3 aromatic heterocycles. The number of pyridine rings is 1. The van der Waals surface area contributed by atoms with E-state index in [0.29, 0.717) is 5.82 Å². The van der Waals surface area contributed by atoms with Gasteiger partial charge in [-0.1, -0.05) is 6.07 Å². The minimum absolute atomic E-state index is 0.0391. The molecule has 1 aromatic carbocycles. The van der Waals surface area contributed by atoms with Gasteiger partial charge in [-0.3, -0.25) is 4.79 Å². The number of hydrogen-bond donors (Lipinski definition) is 1. The van der Waals surface area contributed by atoms with Crippen LogP contribution in [0.2, 0.25) is 0 Å². The molecular formula is C28H28N6O2. The Morgan fingerprint density at radius 3 is 2.42 bits per heavy atom. The van der Waals surface area contributed by atoms with Crippen molar-refractivity contribution in [2.75, 3.05) is 7.11 Å². The van der Waals surface area contributed by atoms with Gasteiger partial charge < -0.3 is 14.6 Å². The molecule has 4 aromatic rings. The molecule has 3 heterocycles. The van der Waals surface area contributed by atoms with Gasteiger partial charge in [0.25, 0.3) is 5.91 Å². The van der Waals surface area contributed by atoms with Gasteiger partial charge in [-0.15, -0.1) is 0 Å². The van der Waals surface area contributed by atoms with Gasteiger partial charge >= 0.3 is 0 Å². The Balaban J connectivity index is 1.48. The average Bonchev–Trinajstić information content (AvgIpc) is 3.37. The van der Waals surface area contributed by atoms with Crippen LogP contribution < -0.4 is 10.1 Å². The smallest absolute Gasteiger partial charge is 0.262 e. The van der Waals surface area contributed by atoms with Gasteiger partial charge in [-0.25, -0.2) is 9.67 Å². The van der Waals surface area contributed by atoms with E-state index < -0.39 is 5.91 Å². The van der Waals surface area contributed by atoms with Gasteiger partial charge in [0.05, 0.1) is 12.8 Å². The number of carbonyl (C=O) groups excluding carboxylic acids is 1. The molecule has 4 rings (SSSR count). The normalized spacial score (nSPS) is 11.3. The van der Waals surface area contributed by atoms with Gasteiger partial charge in [0.15, 0.2) is 5.82 Å². The number of ether oxygens (including phenoxy) is 1. The second-order valence-electron chi connectivity index (χ2n) is 8.58. The molecule has 0 unspecified atom stereocenters. The number of nitrogens with one attached hydrogen (secondary N) is 1. The quantitative estimate of drug-likeness (QED) is 0.310.